The molecular weight excluding hydrogens is 222 g/mol. The zero-order chi connectivity index (χ0) is 12.1. The average Bonchev–Trinajstić information content (AvgIpc) is 2.19. The number of anilines is 2. The van der Waals surface area contributed by atoms with E-state index in [1.807, 2.05) is 0 Å². The van der Waals surface area contributed by atoms with E-state index in [1.54, 1.807) is 0 Å². The van der Waals surface area contributed by atoms with Gasteiger partial charge >= 0.3 is 6.09 Å². The van der Waals surface area contributed by atoms with Crippen LogP contribution in [-0.4, -0.2) is 24.2 Å². The minimum atomic E-state index is -0.936. The van der Waals surface area contributed by atoms with Gasteiger partial charge in [-0.1, -0.05) is 0 Å². The molecule has 5 N–H and O–H groups in total. The van der Waals surface area contributed by atoms with Gasteiger partial charge in [0, 0.05) is 6.07 Å². The average molecular weight is 232 g/mol. The van der Waals surface area contributed by atoms with Crippen molar-refractivity contribution in [1.29, 1.82) is 0 Å². The van der Waals surface area contributed by atoms with Crippen LogP contribution in [0.25, 0.3) is 0 Å². The highest BCUT2D eigenvalue weighted by Gasteiger charge is 2.08. The lowest BCUT2D eigenvalue weighted by Gasteiger charge is -2.07. The van der Waals surface area contributed by atoms with Crippen LogP contribution in [0.15, 0.2) is 6.07 Å². The first-order valence-corrected chi connectivity index (χ1v) is 4.28. The molecule has 0 atom stereocenters. The molecule has 1 amide bonds. The van der Waals surface area contributed by atoms with Gasteiger partial charge in [-0.25, -0.2) is 18.6 Å². The van der Waals surface area contributed by atoms with Crippen molar-refractivity contribution in [2.75, 3.05) is 24.2 Å². The summed E-state index contributed by atoms with van der Waals surface area (Å²) in [4.78, 5) is 13.6. The number of primary amides is 1. The van der Waals surface area contributed by atoms with E-state index in [9.17, 15) is 13.6 Å². The maximum Gasteiger partial charge on any atom is 0.404 e. The standard InChI is InChI=1S/C8H10F2N4O2/c9-4-3-5(10)7(14-6(4)11)13-1-2-16-8(12)15/h3H,1-2H2,(H2,12,15)(H3,11,13,14). The summed E-state index contributed by atoms with van der Waals surface area (Å²) in [6.45, 7) is 0.0195. The molecule has 0 unspecified atom stereocenters. The number of hydrogen-bond donors (Lipinski definition) is 3. The Kier molecular flexibility index (Phi) is 3.81. The highest BCUT2D eigenvalue weighted by Crippen LogP contribution is 2.15. The van der Waals surface area contributed by atoms with Gasteiger partial charge in [0.25, 0.3) is 0 Å². The van der Waals surface area contributed by atoms with Crippen molar-refractivity contribution in [3.05, 3.63) is 17.7 Å². The minimum Gasteiger partial charge on any atom is -0.448 e. The van der Waals surface area contributed by atoms with Crippen LogP contribution in [0.5, 0.6) is 0 Å². The lowest BCUT2D eigenvalue weighted by atomic mass is 10.4. The van der Waals surface area contributed by atoms with E-state index in [0.717, 1.165) is 0 Å². The van der Waals surface area contributed by atoms with E-state index in [1.165, 1.54) is 0 Å². The number of carbonyl (C=O) groups is 1. The Morgan fingerprint density at radius 2 is 2.19 bits per heavy atom. The van der Waals surface area contributed by atoms with Crippen molar-refractivity contribution in [2.24, 2.45) is 5.73 Å². The number of aromatic nitrogens is 1. The lowest BCUT2D eigenvalue weighted by Crippen LogP contribution is -2.19. The molecule has 6 nitrogen and oxygen atoms in total. The van der Waals surface area contributed by atoms with Gasteiger partial charge in [-0.3, -0.25) is 0 Å². The van der Waals surface area contributed by atoms with Gasteiger partial charge in [0.15, 0.2) is 23.3 Å². The second-order valence-electron chi connectivity index (χ2n) is 2.78. The first kappa shape index (κ1) is 12.0. The molecule has 0 saturated heterocycles. The van der Waals surface area contributed by atoms with Gasteiger partial charge in [0.2, 0.25) is 0 Å². The number of rotatable bonds is 4. The van der Waals surface area contributed by atoms with E-state index in [-0.39, 0.29) is 19.0 Å². The van der Waals surface area contributed by atoms with E-state index < -0.39 is 23.5 Å². The van der Waals surface area contributed by atoms with Gasteiger partial charge in [-0.2, -0.15) is 0 Å². The molecule has 88 valence electrons. The summed E-state index contributed by atoms with van der Waals surface area (Å²) in [5.74, 6) is -2.45. The summed E-state index contributed by atoms with van der Waals surface area (Å²) >= 11 is 0. The highest BCUT2D eigenvalue weighted by atomic mass is 19.1. The summed E-state index contributed by atoms with van der Waals surface area (Å²) < 4.78 is 30.2. The fourth-order valence-electron chi connectivity index (χ4n) is 0.926. The molecule has 0 aromatic carbocycles. The monoisotopic (exact) mass is 232 g/mol. The number of nitrogens with one attached hydrogen (secondary N) is 1. The minimum absolute atomic E-state index is 0.0618. The smallest absolute Gasteiger partial charge is 0.404 e. The number of ether oxygens (including phenoxy) is 1. The maximum atomic E-state index is 13.1. The van der Waals surface area contributed by atoms with E-state index >= 15 is 0 Å². The third-order valence-electron chi connectivity index (χ3n) is 1.60. The topological polar surface area (TPSA) is 103 Å². The van der Waals surface area contributed by atoms with Gasteiger partial charge in [-0.15, -0.1) is 0 Å². The van der Waals surface area contributed by atoms with Crippen LogP contribution in [0.2, 0.25) is 0 Å². The van der Waals surface area contributed by atoms with E-state index in [0.29, 0.717) is 6.07 Å². The molecule has 0 aliphatic rings. The van der Waals surface area contributed by atoms with Gasteiger partial charge in [0.05, 0.1) is 6.54 Å². The van der Waals surface area contributed by atoms with Crippen LogP contribution in [0, 0.1) is 11.6 Å². The van der Waals surface area contributed by atoms with E-state index in [4.69, 9.17) is 11.5 Å². The van der Waals surface area contributed by atoms with Crippen LogP contribution in [0.1, 0.15) is 0 Å². The normalized spacial score (nSPS) is 9.88. The Morgan fingerprint density at radius 3 is 2.81 bits per heavy atom. The first-order valence-electron chi connectivity index (χ1n) is 4.28. The summed E-state index contributed by atoms with van der Waals surface area (Å²) in [6, 6.07) is 0.611. The number of nitrogens with two attached hydrogens (primary N) is 2. The molecule has 0 aliphatic heterocycles. The van der Waals surface area contributed by atoms with Crippen molar-refractivity contribution in [3.63, 3.8) is 0 Å². The predicted octanol–water partition coefficient (Wildman–Crippen LogP) is 0.449. The summed E-state index contributed by atoms with van der Waals surface area (Å²) in [5.41, 5.74) is 9.84. The summed E-state index contributed by atoms with van der Waals surface area (Å²) in [5, 5.41) is 2.47. The Balaban J connectivity index is 2.54. The predicted molar refractivity (Wildman–Crippen MR) is 52.6 cm³/mol. The molecule has 0 radical (unpaired) electrons. The lowest BCUT2D eigenvalue weighted by molar-refractivity contribution is 0.161. The number of carbonyl (C=O) groups excluding carboxylic acids is 1. The number of amides is 1. The van der Waals surface area contributed by atoms with Crippen LogP contribution in [-0.2, 0) is 4.74 Å². The zero-order valence-corrected chi connectivity index (χ0v) is 8.17. The Hall–Kier alpha value is -2.12. The number of nitrogen functional groups attached to an aromatic ring is 1. The third-order valence-corrected chi connectivity index (χ3v) is 1.60. The molecule has 0 spiro atoms. The van der Waals surface area contributed by atoms with Crippen molar-refractivity contribution < 1.29 is 18.3 Å². The van der Waals surface area contributed by atoms with Gasteiger partial charge in [0.1, 0.15) is 6.61 Å². The highest BCUT2D eigenvalue weighted by molar-refractivity contribution is 5.64. The Morgan fingerprint density at radius 1 is 1.50 bits per heavy atom. The SMILES string of the molecule is NC(=O)OCCNc1nc(N)c(F)cc1F. The second-order valence-corrected chi connectivity index (χ2v) is 2.78. The largest absolute Gasteiger partial charge is 0.448 e. The van der Waals surface area contributed by atoms with Crippen molar-refractivity contribution in [3.8, 4) is 0 Å². The second kappa shape index (κ2) is 5.10. The quantitative estimate of drug-likeness (QED) is 0.654. The fraction of sp³-hybridized carbons (Fsp3) is 0.250. The molecule has 0 aliphatic carbocycles. The van der Waals surface area contributed by atoms with Gasteiger partial charge < -0.3 is 21.5 Å². The van der Waals surface area contributed by atoms with Crippen molar-refractivity contribution >= 4 is 17.7 Å². The zero-order valence-electron chi connectivity index (χ0n) is 8.17. The van der Waals surface area contributed by atoms with Crippen LogP contribution < -0.4 is 16.8 Å². The Labute approximate surface area is 89.6 Å². The third kappa shape index (κ3) is 3.23. The summed E-state index contributed by atoms with van der Waals surface area (Å²) in [7, 11) is 0. The number of pyridine rings is 1. The number of hydrogen-bond acceptors (Lipinski definition) is 5. The molecule has 1 rings (SSSR count). The van der Waals surface area contributed by atoms with Crippen molar-refractivity contribution in [2.45, 2.75) is 0 Å². The molecule has 8 heteroatoms. The molecule has 0 fully saturated rings. The first-order chi connectivity index (χ1) is 7.50. The van der Waals surface area contributed by atoms with Crippen LogP contribution in [0.3, 0.4) is 0 Å². The molecule has 1 aromatic heterocycles. The fourth-order valence-corrected chi connectivity index (χ4v) is 0.926. The number of nitrogens with zero attached hydrogens (tertiary/aromatic N) is 1. The molecular formula is C8H10F2N4O2. The molecule has 16 heavy (non-hydrogen) atoms. The Bertz CT molecular complexity index is 400. The number of halogens is 2. The van der Waals surface area contributed by atoms with Gasteiger partial charge in [-0.05, 0) is 0 Å². The molecule has 0 bridgehead atoms. The van der Waals surface area contributed by atoms with E-state index in [2.05, 4.69) is 15.0 Å². The van der Waals surface area contributed by atoms with Crippen molar-refractivity contribution in [1.82, 2.24) is 4.98 Å². The summed E-state index contributed by atoms with van der Waals surface area (Å²) in [6.07, 6.45) is -0.936. The van der Waals surface area contributed by atoms with Crippen LogP contribution >= 0.6 is 0 Å². The molecule has 0 saturated carbocycles. The maximum absolute atomic E-state index is 13.1. The molecule has 1 aromatic rings. The van der Waals surface area contributed by atoms with Crippen LogP contribution in [0.4, 0.5) is 25.2 Å². The molecule has 1 heterocycles.